The number of hydrogen-bond acceptors (Lipinski definition) is 4. The summed E-state index contributed by atoms with van der Waals surface area (Å²) in [6.45, 7) is 5.09. The Labute approximate surface area is 112 Å². The van der Waals surface area contributed by atoms with Crippen LogP contribution in [0.5, 0.6) is 0 Å². The lowest BCUT2D eigenvalue weighted by molar-refractivity contribution is -0.122. The molecule has 2 rings (SSSR count). The van der Waals surface area contributed by atoms with Crippen molar-refractivity contribution in [2.24, 2.45) is 5.73 Å². The van der Waals surface area contributed by atoms with E-state index in [1.54, 1.807) is 11.3 Å². The summed E-state index contributed by atoms with van der Waals surface area (Å²) in [5, 5.41) is 5.04. The van der Waals surface area contributed by atoms with Crippen LogP contribution < -0.4 is 11.1 Å². The summed E-state index contributed by atoms with van der Waals surface area (Å²) in [6.07, 6.45) is 1.99. The summed E-state index contributed by atoms with van der Waals surface area (Å²) in [7, 11) is 0. The molecule has 1 saturated heterocycles. The van der Waals surface area contributed by atoms with Gasteiger partial charge in [0, 0.05) is 24.0 Å². The molecule has 0 unspecified atom stereocenters. The van der Waals surface area contributed by atoms with E-state index in [0.717, 1.165) is 25.9 Å². The highest BCUT2D eigenvalue weighted by Crippen LogP contribution is 2.14. The summed E-state index contributed by atoms with van der Waals surface area (Å²) in [4.78, 5) is 15.2. The summed E-state index contributed by atoms with van der Waals surface area (Å²) in [5.41, 5.74) is 7.10. The van der Waals surface area contributed by atoms with Gasteiger partial charge < -0.3 is 11.1 Å². The zero-order chi connectivity index (χ0) is 13.0. The third-order valence-electron chi connectivity index (χ3n) is 3.41. The van der Waals surface area contributed by atoms with Gasteiger partial charge in [-0.15, -0.1) is 11.3 Å². The van der Waals surface area contributed by atoms with Gasteiger partial charge in [0.1, 0.15) is 0 Å². The van der Waals surface area contributed by atoms with Crippen molar-refractivity contribution in [3.05, 3.63) is 21.9 Å². The predicted molar refractivity (Wildman–Crippen MR) is 74.6 cm³/mol. The van der Waals surface area contributed by atoms with Crippen LogP contribution in [-0.4, -0.2) is 36.5 Å². The average molecular weight is 267 g/mol. The second-order valence-corrected chi connectivity index (χ2v) is 5.92. The van der Waals surface area contributed by atoms with Crippen LogP contribution in [0.25, 0.3) is 0 Å². The molecule has 18 heavy (non-hydrogen) atoms. The smallest absolute Gasteiger partial charge is 0.234 e. The summed E-state index contributed by atoms with van der Waals surface area (Å²) >= 11 is 1.69. The summed E-state index contributed by atoms with van der Waals surface area (Å²) in [5.74, 6) is 0.110. The zero-order valence-electron chi connectivity index (χ0n) is 10.8. The van der Waals surface area contributed by atoms with Crippen LogP contribution in [0, 0.1) is 6.92 Å². The average Bonchev–Trinajstić information content (AvgIpc) is 2.75. The first-order valence-corrected chi connectivity index (χ1v) is 7.30. The number of thiophene rings is 1. The van der Waals surface area contributed by atoms with E-state index in [1.165, 1.54) is 10.4 Å². The number of nitrogens with two attached hydrogens (primary N) is 1. The van der Waals surface area contributed by atoms with Crippen molar-refractivity contribution in [2.45, 2.75) is 32.4 Å². The number of amides is 1. The number of hydrogen-bond donors (Lipinski definition) is 2. The predicted octanol–water partition coefficient (Wildman–Crippen LogP) is 1.10. The minimum atomic E-state index is 0.110. The molecule has 100 valence electrons. The molecule has 3 N–H and O–H groups in total. The largest absolute Gasteiger partial charge is 0.350 e. The monoisotopic (exact) mass is 267 g/mol. The van der Waals surface area contributed by atoms with Crippen LogP contribution in [0.2, 0.25) is 0 Å². The number of carbonyl (C=O) groups is 1. The van der Waals surface area contributed by atoms with Crippen LogP contribution in [-0.2, 0) is 11.3 Å². The molecule has 0 aliphatic carbocycles. The third kappa shape index (κ3) is 3.80. The summed E-state index contributed by atoms with van der Waals surface area (Å²) < 4.78 is 0. The maximum atomic E-state index is 11.8. The Bertz CT molecular complexity index is 397. The van der Waals surface area contributed by atoms with E-state index in [-0.39, 0.29) is 5.91 Å². The Hall–Kier alpha value is -0.910. The standard InChI is InChI=1S/C13H21N3OS/c1-10-4-7-18-12(10)8-15-13(17)9-16-5-2-11(14)3-6-16/h4,7,11H,2-3,5-6,8-9,14H2,1H3,(H,15,17). The number of rotatable bonds is 4. The molecule has 5 heteroatoms. The quantitative estimate of drug-likeness (QED) is 0.859. The minimum Gasteiger partial charge on any atom is -0.350 e. The van der Waals surface area contributed by atoms with Gasteiger partial charge in [0.2, 0.25) is 5.91 Å². The van der Waals surface area contributed by atoms with E-state index in [4.69, 9.17) is 5.73 Å². The van der Waals surface area contributed by atoms with Crippen molar-refractivity contribution in [2.75, 3.05) is 19.6 Å². The van der Waals surface area contributed by atoms with Gasteiger partial charge in [-0.1, -0.05) is 0 Å². The molecule has 1 aliphatic heterocycles. The molecule has 1 fully saturated rings. The van der Waals surface area contributed by atoms with Crippen LogP contribution in [0.15, 0.2) is 11.4 Å². The third-order valence-corrected chi connectivity index (χ3v) is 4.44. The van der Waals surface area contributed by atoms with Crippen LogP contribution in [0.3, 0.4) is 0 Å². The fourth-order valence-electron chi connectivity index (χ4n) is 2.13. The van der Waals surface area contributed by atoms with Crippen LogP contribution in [0.4, 0.5) is 0 Å². The van der Waals surface area contributed by atoms with Gasteiger partial charge >= 0.3 is 0 Å². The second-order valence-electron chi connectivity index (χ2n) is 4.92. The molecule has 0 saturated carbocycles. The lowest BCUT2D eigenvalue weighted by atomic mass is 10.1. The van der Waals surface area contributed by atoms with E-state index in [2.05, 4.69) is 28.6 Å². The molecule has 0 bridgehead atoms. The lowest BCUT2D eigenvalue weighted by Crippen LogP contribution is -2.44. The van der Waals surface area contributed by atoms with Crippen molar-refractivity contribution in [1.82, 2.24) is 10.2 Å². The van der Waals surface area contributed by atoms with E-state index in [1.807, 2.05) is 0 Å². The van der Waals surface area contributed by atoms with Crippen molar-refractivity contribution >= 4 is 17.2 Å². The van der Waals surface area contributed by atoms with Gasteiger partial charge in [-0.2, -0.15) is 0 Å². The Morgan fingerprint density at radius 3 is 2.89 bits per heavy atom. The number of likely N-dealkylation sites (tertiary alicyclic amines) is 1. The van der Waals surface area contributed by atoms with Gasteiger partial charge in [-0.25, -0.2) is 0 Å². The maximum Gasteiger partial charge on any atom is 0.234 e. The molecule has 0 radical (unpaired) electrons. The normalized spacial score (nSPS) is 17.9. The van der Waals surface area contributed by atoms with Gasteiger partial charge in [0.05, 0.1) is 13.1 Å². The van der Waals surface area contributed by atoms with E-state index >= 15 is 0 Å². The number of piperidine rings is 1. The fraction of sp³-hybridized carbons (Fsp3) is 0.615. The topological polar surface area (TPSA) is 58.4 Å². The molecular weight excluding hydrogens is 246 g/mol. The van der Waals surface area contributed by atoms with E-state index in [9.17, 15) is 4.79 Å². The first-order valence-electron chi connectivity index (χ1n) is 6.43. The van der Waals surface area contributed by atoms with Crippen LogP contribution in [0.1, 0.15) is 23.3 Å². The molecular formula is C13H21N3OS. The minimum absolute atomic E-state index is 0.110. The number of nitrogens with one attached hydrogen (secondary N) is 1. The highest BCUT2D eigenvalue weighted by atomic mass is 32.1. The number of carbonyl (C=O) groups excluding carboxylic acids is 1. The zero-order valence-corrected chi connectivity index (χ0v) is 11.6. The lowest BCUT2D eigenvalue weighted by Gasteiger charge is -2.29. The van der Waals surface area contributed by atoms with Gasteiger partial charge in [-0.3, -0.25) is 9.69 Å². The molecule has 0 spiro atoms. The molecule has 4 nitrogen and oxygen atoms in total. The van der Waals surface area contributed by atoms with Crippen molar-refractivity contribution in [3.63, 3.8) is 0 Å². The Kier molecular flexibility index (Phi) is 4.74. The van der Waals surface area contributed by atoms with Gasteiger partial charge in [0.15, 0.2) is 0 Å². The molecule has 1 aromatic rings. The molecule has 0 atom stereocenters. The van der Waals surface area contributed by atoms with Crippen molar-refractivity contribution in [1.29, 1.82) is 0 Å². The maximum absolute atomic E-state index is 11.8. The van der Waals surface area contributed by atoms with Crippen molar-refractivity contribution in [3.8, 4) is 0 Å². The van der Waals surface area contributed by atoms with Crippen molar-refractivity contribution < 1.29 is 4.79 Å². The Balaban J connectivity index is 1.71. The molecule has 0 aromatic carbocycles. The van der Waals surface area contributed by atoms with Gasteiger partial charge in [0.25, 0.3) is 0 Å². The SMILES string of the molecule is Cc1ccsc1CNC(=O)CN1CCC(N)CC1. The van der Waals surface area contributed by atoms with E-state index in [0.29, 0.717) is 19.1 Å². The Morgan fingerprint density at radius 2 is 2.28 bits per heavy atom. The van der Waals surface area contributed by atoms with Crippen LogP contribution >= 0.6 is 11.3 Å². The first kappa shape index (κ1) is 13.5. The highest BCUT2D eigenvalue weighted by molar-refractivity contribution is 7.10. The molecule has 1 aliphatic rings. The number of nitrogens with zero attached hydrogens (tertiary/aromatic N) is 1. The molecule has 1 aromatic heterocycles. The first-order chi connectivity index (χ1) is 8.65. The number of aryl methyl sites for hydroxylation is 1. The summed E-state index contributed by atoms with van der Waals surface area (Å²) in [6, 6.07) is 2.40. The Morgan fingerprint density at radius 1 is 1.56 bits per heavy atom. The highest BCUT2D eigenvalue weighted by Gasteiger charge is 2.18. The second kappa shape index (κ2) is 6.31. The fourth-order valence-corrected chi connectivity index (χ4v) is 2.98. The van der Waals surface area contributed by atoms with E-state index < -0.39 is 0 Å². The molecule has 2 heterocycles. The van der Waals surface area contributed by atoms with Gasteiger partial charge in [-0.05, 0) is 36.8 Å². The molecule has 1 amide bonds.